The average molecular weight is 330 g/mol. The molecule has 0 saturated carbocycles. The van der Waals surface area contributed by atoms with Crippen molar-refractivity contribution in [2.75, 3.05) is 11.5 Å². The van der Waals surface area contributed by atoms with Gasteiger partial charge in [-0.3, -0.25) is 9.59 Å². The topological polar surface area (TPSA) is 63.7 Å². The molecule has 0 atom stereocenters. The Morgan fingerprint density at radius 3 is 2.48 bits per heavy atom. The van der Waals surface area contributed by atoms with Crippen LogP contribution in [0.4, 0.5) is 5.69 Å². The number of carbonyl (C=O) groups excluding carboxylic acids is 3. The fourth-order valence-corrected chi connectivity index (χ4v) is 2.65. The second-order valence-electron chi connectivity index (χ2n) is 4.88. The highest BCUT2D eigenvalue weighted by Gasteiger charge is 2.38. The number of imide groups is 1. The van der Waals surface area contributed by atoms with Crippen LogP contribution in [0.1, 0.15) is 38.0 Å². The molecule has 0 aliphatic carbocycles. The monoisotopic (exact) mass is 329 g/mol. The fourth-order valence-electron chi connectivity index (χ4n) is 2.43. The number of fused-ring (bicyclic) bond motifs is 1. The Morgan fingerprint density at radius 2 is 1.78 bits per heavy atom. The normalized spacial score (nSPS) is 13.2. The van der Waals surface area contributed by atoms with E-state index in [0.29, 0.717) is 10.7 Å². The van der Waals surface area contributed by atoms with Gasteiger partial charge >= 0.3 is 5.97 Å². The SMILES string of the molecule is CCOC(=O)c1ccc2c(c1)C(=O)N(c1ccccc1Cl)C2=O. The third-order valence-corrected chi connectivity index (χ3v) is 3.81. The van der Waals surface area contributed by atoms with Crippen LogP contribution in [0.25, 0.3) is 0 Å². The molecular weight excluding hydrogens is 318 g/mol. The van der Waals surface area contributed by atoms with Crippen LogP contribution in [0.3, 0.4) is 0 Å². The summed E-state index contributed by atoms with van der Waals surface area (Å²) in [5.41, 5.74) is 0.953. The molecule has 0 spiro atoms. The molecule has 116 valence electrons. The number of benzene rings is 2. The molecule has 2 amide bonds. The van der Waals surface area contributed by atoms with E-state index in [2.05, 4.69) is 0 Å². The molecular formula is C17H12ClNO4. The van der Waals surface area contributed by atoms with Gasteiger partial charge in [0.1, 0.15) is 0 Å². The summed E-state index contributed by atoms with van der Waals surface area (Å²) in [5, 5.41) is 0.299. The fraction of sp³-hybridized carbons (Fsp3) is 0.118. The Morgan fingerprint density at radius 1 is 1.09 bits per heavy atom. The number of halogens is 1. The van der Waals surface area contributed by atoms with Crippen LogP contribution in [-0.4, -0.2) is 24.4 Å². The van der Waals surface area contributed by atoms with E-state index in [0.717, 1.165) is 4.90 Å². The first-order valence-corrected chi connectivity index (χ1v) is 7.37. The highest BCUT2D eigenvalue weighted by atomic mass is 35.5. The molecule has 0 N–H and O–H groups in total. The van der Waals surface area contributed by atoms with E-state index in [1.54, 1.807) is 31.2 Å². The van der Waals surface area contributed by atoms with Crippen LogP contribution in [0.15, 0.2) is 42.5 Å². The maximum Gasteiger partial charge on any atom is 0.338 e. The summed E-state index contributed by atoms with van der Waals surface area (Å²) in [6, 6.07) is 10.9. The molecule has 2 aromatic carbocycles. The standard InChI is InChI=1S/C17H12ClNO4/c1-2-23-17(22)10-7-8-11-12(9-10)16(21)19(15(11)20)14-6-4-3-5-13(14)18/h3-9H,2H2,1H3. The number of hydrogen-bond donors (Lipinski definition) is 0. The quantitative estimate of drug-likeness (QED) is 0.640. The van der Waals surface area contributed by atoms with Crippen LogP contribution < -0.4 is 4.90 Å². The zero-order valence-electron chi connectivity index (χ0n) is 12.2. The molecule has 23 heavy (non-hydrogen) atoms. The smallest absolute Gasteiger partial charge is 0.338 e. The third-order valence-electron chi connectivity index (χ3n) is 3.49. The second-order valence-corrected chi connectivity index (χ2v) is 5.29. The van der Waals surface area contributed by atoms with Crippen molar-refractivity contribution in [1.82, 2.24) is 0 Å². The van der Waals surface area contributed by atoms with Gasteiger partial charge in [0.2, 0.25) is 0 Å². The van der Waals surface area contributed by atoms with Gasteiger partial charge in [0.05, 0.1) is 34.0 Å². The predicted octanol–water partition coefficient (Wildman–Crippen LogP) is 3.32. The van der Waals surface area contributed by atoms with Crippen LogP contribution in [0.2, 0.25) is 5.02 Å². The van der Waals surface area contributed by atoms with Crippen LogP contribution >= 0.6 is 11.6 Å². The minimum absolute atomic E-state index is 0.167. The summed E-state index contributed by atoms with van der Waals surface area (Å²) in [5.74, 6) is -1.51. The molecule has 1 heterocycles. The van der Waals surface area contributed by atoms with Crippen molar-refractivity contribution in [2.24, 2.45) is 0 Å². The van der Waals surface area contributed by atoms with Gasteiger partial charge < -0.3 is 4.74 Å². The molecule has 6 heteroatoms. The number of ether oxygens (including phenoxy) is 1. The number of amides is 2. The van der Waals surface area contributed by atoms with Crippen LogP contribution in [0, 0.1) is 0 Å². The molecule has 5 nitrogen and oxygen atoms in total. The maximum absolute atomic E-state index is 12.6. The first-order chi connectivity index (χ1) is 11.0. The average Bonchev–Trinajstić information content (AvgIpc) is 2.79. The molecule has 0 fully saturated rings. The predicted molar refractivity (Wildman–Crippen MR) is 85.0 cm³/mol. The van der Waals surface area contributed by atoms with E-state index >= 15 is 0 Å². The molecule has 1 aliphatic rings. The minimum Gasteiger partial charge on any atom is -0.462 e. The second kappa shape index (κ2) is 5.85. The number of hydrogen-bond acceptors (Lipinski definition) is 4. The van der Waals surface area contributed by atoms with Gasteiger partial charge in [0.25, 0.3) is 11.8 Å². The Balaban J connectivity index is 2.04. The molecule has 0 aromatic heterocycles. The van der Waals surface area contributed by atoms with Crippen LogP contribution in [0.5, 0.6) is 0 Å². The molecule has 0 saturated heterocycles. The number of esters is 1. The first-order valence-electron chi connectivity index (χ1n) is 6.99. The summed E-state index contributed by atoms with van der Waals surface area (Å²) >= 11 is 6.08. The number of carbonyl (C=O) groups is 3. The van der Waals surface area contributed by atoms with Gasteiger partial charge in [-0.15, -0.1) is 0 Å². The molecule has 0 bridgehead atoms. The van der Waals surface area contributed by atoms with Crippen molar-refractivity contribution in [3.05, 3.63) is 64.2 Å². The molecule has 2 aromatic rings. The largest absolute Gasteiger partial charge is 0.462 e. The minimum atomic E-state index is -0.535. The van der Waals surface area contributed by atoms with E-state index in [1.807, 2.05) is 0 Å². The van der Waals surface area contributed by atoms with Gasteiger partial charge in [-0.1, -0.05) is 23.7 Å². The molecule has 0 radical (unpaired) electrons. The number of nitrogens with zero attached hydrogens (tertiary/aromatic N) is 1. The lowest BCUT2D eigenvalue weighted by Gasteiger charge is -2.15. The Labute approximate surface area is 137 Å². The van der Waals surface area contributed by atoms with Crippen molar-refractivity contribution in [1.29, 1.82) is 0 Å². The molecule has 3 rings (SSSR count). The zero-order chi connectivity index (χ0) is 16.6. The lowest BCUT2D eigenvalue weighted by Crippen LogP contribution is -2.29. The van der Waals surface area contributed by atoms with Gasteiger partial charge in [-0.25, -0.2) is 9.69 Å². The van der Waals surface area contributed by atoms with Crippen molar-refractivity contribution in [3.63, 3.8) is 0 Å². The Bertz CT molecular complexity index is 831. The van der Waals surface area contributed by atoms with Crippen molar-refractivity contribution in [3.8, 4) is 0 Å². The maximum atomic E-state index is 12.6. The molecule has 0 unspecified atom stereocenters. The van der Waals surface area contributed by atoms with E-state index < -0.39 is 17.8 Å². The van der Waals surface area contributed by atoms with Crippen molar-refractivity contribution < 1.29 is 19.1 Å². The van der Waals surface area contributed by atoms with Gasteiger partial charge in [-0.2, -0.15) is 0 Å². The lowest BCUT2D eigenvalue weighted by molar-refractivity contribution is 0.0526. The van der Waals surface area contributed by atoms with Crippen LogP contribution in [-0.2, 0) is 4.74 Å². The van der Waals surface area contributed by atoms with Gasteiger partial charge in [0, 0.05) is 0 Å². The van der Waals surface area contributed by atoms with Crippen molar-refractivity contribution >= 4 is 35.1 Å². The van der Waals surface area contributed by atoms with Crippen molar-refractivity contribution in [2.45, 2.75) is 6.92 Å². The summed E-state index contributed by atoms with van der Waals surface area (Å²) in [7, 11) is 0. The highest BCUT2D eigenvalue weighted by Crippen LogP contribution is 2.33. The summed E-state index contributed by atoms with van der Waals surface area (Å²) in [6.45, 7) is 1.92. The zero-order valence-corrected chi connectivity index (χ0v) is 13.0. The lowest BCUT2D eigenvalue weighted by atomic mass is 10.1. The number of para-hydroxylation sites is 1. The number of rotatable bonds is 3. The summed E-state index contributed by atoms with van der Waals surface area (Å²) < 4.78 is 4.91. The highest BCUT2D eigenvalue weighted by molar-refractivity contribution is 6.39. The van der Waals surface area contributed by atoms with E-state index in [1.165, 1.54) is 18.2 Å². The Kier molecular flexibility index (Phi) is 3.88. The summed E-state index contributed by atoms with van der Waals surface area (Å²) in [6.07, 6.45) is 0. The Hall–Kier alpha value is -2.66. The molecule has 1 aliphatic heterocycles. The number of anilines is 1. The first kappa shape index (κ1) is 15.2. The third kappa shape index (κ3) is 2.49. The van der Waals surface area contributed by atoms with E-state index in [-0.39, 0.29) is 23.3 Å². The van der Waals surface area contributed by atoms with E-state index in [9.17, 15) is 14.4 Å². The van der Waals surface area contributed by atoms with Gasteiger partial charge in [-0.05, 0) is 37.3 Å². The summed E-state index contributed by atoms with van der Waals surface area (Å²) in [4.78, 5) is 37.9. The van der Waals surface area contributed by atoms with E-state index in [4.69, 9.17) is 16.3 Å². The van der Waals surface area contributed by atoms with Gasteiger partial charge in [0.15, 0.2) is 0 Å².